The highest BCUT2D eigenvalue weighted by atomic mass is 14.4. The van der Waals surface area contributed by atoms with Crippen molar-refractivity contribution in [3.05, 3.63) is 204 Å². The van der Waals surface area contributed by atoms with Gasteiger partial charge in [-0.15, -0.1) is 6.58 Å². The van der Waals surface area contributed by atoms with Crippen LogP contribution in [0.25, 0.3) is 21.9 Å². The zero-order chi connectivity index (χ0) is 33.3. The molecule has 2 aromatic rings. The molecule has 0 N–H and O–H groups in total. The Morgan fingerprint density at radius 2 is 1.57 bits per heavy atom. The number of aryl methyl sites for hydroxylation is 2. The van der Waals surface area contributed by atoms with Gasteiger partial charge >= 0.3 is 0 Å². The molecule has 4 rings (SSSR count). The van der Waals surface area contributed by atoms with Crippen LogP contribution in [0, 0.1) is 25.2 Å². The Morgan fingerprint density at radius 3 is 2.30 bits per heavy atom. The lowest BCUT2D eigenvalue weighted by atomic mass is 9.66. The Bertz CT molecular complexity index is 1870. The van der Waals surface area contributed by atoms with Crippen molar-refractivity contribution in [3.63, 3.8) is 0 Å². The van der Waals surface area contributed by atoms with Gasteiger partial charge < -0.3 is 0 Å². The van der Waals surface area contributed by atoms with Crippen molar-refractivity contribution in [1.82, 2.24) is 0 Å². The minimum atomic E-state index is -0.0463. The molecule has 0 saturated carbocycles. The van der Waals surface area contributed by atoms with Crippen LogP contribution in [0.5, 0.6) is 0 Å². The first-order valence-corrected chi connectivity index (χ1v) is 16.1. The molecule has 2 atom stereocenters. The van der Waals surface area contributed by atoms with E-state index in [9.17, 15) is 0 Å². The molecule has 2 aromatic carbocycles. The van der Waals surface area contributed by atoms with Crippen molar-refractivity contribution in [1.29, 1.82) is 0 Å². The molecule has 0 aromatic heterocycles. The third kappa shape index (κ3) is 8.01. The van der Waals surface area contributed by atoms with Crippen LogP contribution in [-0.2, 0) is 0 Å². The minimum absolute atomic E-state index is 0.0463. The molecule has 0 amide bonds. The predicted octanol–water partition coefficient (Wildman–Crippen LogP) is 13.0. The van der Waals surface area contributed by atoms with Crippen LogP contribution >= 0.6 is 0 Å². The van der Waals surface area contributed by atoms with E-state index < -0.39 is 0 Å². The highest BCUT2D eigenvalue weighted by Crippen LogP contribution is 2.45. The second-order valence-corrected chi connectivity index (χ2v) is 12.5. The predicted molar refractivity (Wildman–Crippen MR) is 206 cm³/mol. The smallest absolute Gasteiger partial charge is 0.0150 e. The van der Waals surface area contributed by atoms with Gasteiger partial charge in [0.2, 0.25) is 0 Å². The van der Waals surface area contributed by atoms with Crippen molar-refractivity contribution in [3.8, 4) is 0 Å². The number of fused-ring (bicyclic) bond motifs is 2. The Balaban J connectivity index is 1.87. The van der Waals surface area contributed by atoms with Crippen LogP contribution in [0.3, 0.4) is 0 Å². The quantitative estimate of drug-likeness (QED) is 0.188. The highest BCUT2D eigenvalue weighted by Gasteiger charge is 2.34. The second kappa shape index (κ2) is 15.4. The van der Waals surface area contributed by atoms with Gasteiger partial charge in [-0.25, -0.2) is 0 Å². The summed E-state index contributed by atoms with van der Waals surface area (Å²) >= 11 is 0. The highest BCUT2D eigenvalue weighted by molar-refractivity contribution is 6.02. The van der Waals surface area contributed by atoms with Gasteiger partial charge in [-0.1, -0.05) is 171 Å². The molecular weight excluding hydrogens is 553 g/mol. The summed E-state index contributed by atoms with van der Waals surface area (Å²) in [6.45, 7) is 28.1. The van der Waals surface area contributed by atoms with Gasteiger partial charge in [-0.3, -0.25) is 0 Å². The third-order valence-electron chi connectivity index (χ3n) is 8.67. The number of allylic oxidation sites excluding steroid dienone is 20. The standard InChI is InChI=1S/C46H48/c1-10-12-17-39(28-22-33(3)16-11-2)45-38(8)25-21-34(4)23-29-40(42-18-13-14-19-43(42)45)36(6)26-27-37(7)41-20-15-31-46(9)32-35(5)24-30-44(41)46/h10-11,13-32,44H,1,3,6-7,12H2,2,4-5,8-9H3/b16-11-,25-21?,27-26-,28-22-,29-23?,34-21?,34-23?,38-25?,39-17+,40-29?,42-40?,45-38?,45-43?. The monoisotopic (exact) mass is 600 g/mol. The zero-order valence-corrected chi connectivity index (χ0v) is 28.3. The summed E-state index contributed by atoms with van der Waals surface area (Å²) in [7, 11) is 0. The summed E-state index contributed by atoms with van der Waals surface area (Å²) in [5, 5.41) is 2.28. The SMILES string of the molecule is C=CC/C=C(\C=C/C(=C)/C=C\C)c1c(C)ccc(C)ccc(C(=C)/C=C\C(=C)C2=CC=CC3(C)C=C(C)C=CC23)c2ccccc12. The molecule has 2 aliphatic rings. The Hall–Kier alpha value is -4.94. The van der Waals surface area contributed by atoms with E-state index in [0.717, 1.165) is 50.6 Å². The molecule has 0 bridgehead atoms. The average Bonchev–Trinajstić information content (AvgIpc) is 3.03. The van der Waals surface area contributed by atoms with Gasteiger partial charge in [0.15, 0.2) is 0 Å². The van der Waals surface area contributed by atoms with E-state index in [1.54, 1.807) is 0 Å². The molecule has 0 radical (unpaired) electrons. The third-order valence-corrected chi connectivity index (χ3v) is 8.67. The molecule has 46 heavy (non-hydrogen) atoms. The summed E-state index contributed by atoms with van der Waals surface area (Å²) in [5.41, 5.74) is 11.1. The van der Waals surface area contributed by atoms with E-state index >= 15 is 0 Å². The van der Waals surface area contributed by atoms with E-state index in [1.807, 2.05) is 25.2 Å². The van der Waals surface area contributed by atoms with Crippen molar-refractivity contribution in [2.24, 2.45) is 11.3 Å². The molecule has 0 saturated heterocycles. The Morgan fingerprint density at radius 1 is 0.848 bits per heavy atom. The van der Waals surface area contributed by atoms with Crippen LogP contribution in [0.2, 0.25) is 0 Å². The van der Waals surface area contributed by atoms with E-state index in [2.05, 4.69) is 169 Å². The first kappa shape index (κ1) is 33.9. The molecule has 0 heteroatoms. The van der Waals surface area contributed by atoms with Crippen LogP contribution in [0.1, 0.15) is 49.4 Å². The zero-order valence-electron chi connectivity index (χ0n) is 28.3. The maximum atomic E-state index is 4.59. The van der Waals surface area contributed by atoms with Gasteiger partial charge in [0.1, 0.15) is 0 Å². The summed E-state index contributed by atoms with van der Waals surface area (Å²) < 4.78 is 0. The van der Waals surface area contributed by atoms with E-state index in [-0.39, 0.29) is 11.3 Å². The Labute approximate surface area is 278 Å². The lowest BCUT2D eigenvalue weighted by molar-refractivity contribution is 0.434. The molecular formula is C46H48. The number of hydrogen-bond acceptors (Lipinski definition) is 0. The lowest BCUT2D eigenvalue weighted by Gasteiger charge is -2.38. The van der Waals surface area contributed by atoms with E-state index in [1.165, 1.54) is 22.3 Å². The van der Waals surface area contributed by atoms with Gasteiger partial charge in [-0.05, 0) is 89.4 Å². The van der Waals surface area contributed by atoms with Crippen molar-refractivity contribution >= 4 is 21.9 Å². The van der Waals surface area contributed by atoms with Gasteiger partial charge in [0.25, 0.3) is 0 Å². The van der Waals surface area contributed by atoms with Crippen LogP contribution < -0.4 is 0 Å². The largest absolute Gasteiger partial charge is 0.103 e. The molecule has 0 heterocycles. The van der Waals surface area contributed by atoms with Crippen LogP contribution in [0.15, 0.2) is 182 Å². The fourth-order valence-electron chi connectivity index (χ4n) is 6.27. The van der Waals surface area contributed by atoms with E-state index in [4.69, 9.17) is 0 Å². The first-order chi connectivity index (χ1) is 22.1. The van der Waals surface area contributed by atoms with Crippen LogP contribution in [0.4, 0.5) is 0 Å². The van der Waals surface area contributed by atoms with E-state index in [0.29, 0.717) is 0 Å². The summed E-state index contributed by atoms with van der Waals surface area (Å²) in [6.07, 6.45) is 31.0. The topological polar surface area (TPSA) is 0 Å². The molecule has 2 unspecified atom stereocenters. The van der Waals surface area contributed by atoms with Gasteiger partial charge in [0.05, 0.1) is 0 Å². The molecule has 0 spiro atoms. The lowest BCUT2D eigenvalue weighted by Crippen LogP contribution is -2.28. The fourth-order valence-corrected chi connectivity index (χ4v) is 6.27. The molecule has 0 fully saturated rings. The fraction of sp³-hybridized carbons (Fsp3) is 0.174. The van der Waals surface area contributed by atoms with Gasteiger partial charge in [-0.2, -0.15) is 0 Å². The Kier molecular flexibility index (Phi) is 11.3. The first-order valence-electron chi connectivity index (χ1n) is 16.1. The molecule has 0 nitrogen and oxygen atoms in total. The maximum absolute atomic E-state index is 4.59. The van der Waals surface area contributed by atoms with Crippen molar-refractivity contribution in [2.45, 2.75) is 41.0 Å². The average molecular weight is 601 g/mol. The van der Waals surface area contributed by atoms with Crippen LogP contribution in [-0.4, -0.2) is 0 Å². The maximum Gasteiger partial charge on any atom is 0.0150 e. The number of hydrogen-bond donors (Lipinski definition) is 0. The second-order valence-electron chi connectivity index (χ2n) is 12.5. The normalized spacial score (nSPS) is 19.2. The number of rotatable bonds is 10. The number of benzene rings is 1. The molecule has 0 aliphatic heterocycles. The minimum Gasteiger partial charge on any atom is -0.103 e. The molecule has 2 aliphatic carbocycles. The van der Waals surface area contributed by atoms with Crippen molar-refractivity contribution < 1.29 is 0 Å². The summed E-state index contributed by atoms with van der Waals surface area (Å²) in [6, 6.07) is 17.4. The van der Waals surface area contributed by atoms with Gasteiger partial charge in [0, 0.05) is 11.3 Å². The molecule has 232 valence electrons. The summed E-state index contributed by atoms with van der Waals surface area (Å²) in [4.78, 5) is 0. The van der Waals surface area contributed by atoms with Crippen molar-refractivity contribution in [2.75, 3.05) is 0 Å². The summed E-state index contributed by atoms with van der Waals surface area (Å²) in [5.74, 6) is 0.256.